The quantitative estimate of drug-likeness (QED) is 0.786. The molecule has 1 fully saturated rings. The molecule has 3 nitrogen and oxygen atoms in total. The lowest BCUT2D eigenvalue weighted by Gasteiger charge is -2.30. The van der Waals surface area contributed by atoms with Crippen molar-refractivity contribution in [2.45, 2.75) is 38.6 Å². The third-order valence-corrected chi connectivity index (χ3v) is 4.32. The Hall–Kier alpha value is -1.26. The average molecular weight is 293 g/mol. The van der Waals surface area contributed by atoms with Crippen molar-refractivity contribution in [3.8, 4) is 0 Å². The molecule has 1 aliphatic carbocycles. The van der Waals surface area contributed by atoms with Crippen molar-refractivity contribution in [2.75, 3.05) is 19.7 Å². The van der Waals surface area contributed by atoms with Crippen molar-refractivity contribution in [3.63, 3.8) is 0 Å². The van der Waals surface area contributed by atoms with E-state index in [1.54, 1.807) is 18.2 Å². The number of aliphatic hydroxyl groups excluding tert-OH is 1. The Morgan fingerprint density at radius 1 is 1.38 bits per heavy atom. The lowest BCUT2D eigenvalue weighted by atomic mass is 9.97. The highest BCUT2D eigenvalue weighted by Crippen LogP contribution is 2.24. The van der Waals surface area contributed by atoms with Crippen LogP contribution >= 0.6 is 0 Å². The van der Waals surface area contributed by atoms with Gasteiger partial charge in [-0.2, -0.15) is 0 Å². The lowest BCUT2D eigenvalue weighted by molar-refractivity contribution is 0.0836. The van der Waals surface area contributed by atoms with Crippen LogP contribution in [0.3, 0.4) is 0 Å². The van der Waals surface area contributed by atoms with E-state index in [0.717, 1.165) is 12.8 Å². The number of hydrogen-bond acceptors (Lipinski definition) is 3. The molecule has 2 rings (SSSR count). The standard InChI is InChI=1S/C17H24FNO2/c1-13(17(21)15-8-4-5-9-16(15)18)12-19(10-11-20)14-6-2-3-7-14/h4-5,8-9,13-14,20H,2-3,6-7,10-12H2,1H3. The summed E-state index contributed by atoms with van der Waals surface area (Å²) in [7, 11) is 0. The first kappa shape index (κ1) is 16.1. The van der Waals surface area contributed by atoms with Gasteiger partial charge in [-0.1, -0.05) is 31.9 Å². The van der Waals surface area contributed by atoms with Crippen LogP contribution in [-0.4, -0.2) is 41.5 Å². The first-order valence-electron chi connectivity index (χ1n) is 7.77. The summed E-state index contributed by atoms with van der Waals surface area (Å²) in [5.74, 6) is -0.882. The monoisotopic (exact) mass is 293 g/mol. The molecule has 4 heteroatoms. The Labute approximate surface area is 125 Å². The molecule has 0 saturated heterocycles. The maximum absolute atomic E-state index is 13.7. The Morgan fingerprint density at radius 3 is 2.67 bits per heavy atom. The third kappa shape index (κ3) is 4.11. The molecule has 116 valence electrons. The van der Waals surface area contributed by atoms with Gasteiger partial charge in [-0.25, -0.2) is 4.39 Å². The summed E-state index contributed by atoms with van der Waals surface area (Å²) in [5.41, 5.74) is 0.167. The highest BCUT2D eigenvalue weighted by Gasteiger charge is 2.26. The van der Waals surface area contributed by atoms with E-state index in [1.807, 2.05) is 6.92 Å². The van der Waals surface area contributed by atoms with E-state index in [0.29, 0.717) is 19.1 Å². The van der Waals surface area contributed by atoms with Crippen LogP contribution in [0.25, 0.3) is 0 Å². The van der Waals surface area contributed by atoms with Gasteiger partial charge in [0.15, 0.2) is 5.78 Å². The predicted octanol–water partition coefficient (Wildman–Crippen LogP) is 2.88. The molecule has 1 atom stereocenters. The summed E-state index contributed by atoms with van der Waals surface area (Å²) in [6, 6.07) is 6.59. The second kappa shape index (κ2) is 7.66. The fraction of sp³-hybridized carbons (Fsp3) is 0.588. The van der Waals surface area contributed by atoms with Crippen molar-refractivity contribution in [3.05, 3.63) is 35.6 Å². The van der Waals surface area contributed by atoms with Gasteiger partial charge in [0.05, 0.1) is 12.2 Å². The largest absolute Gasteiger partial charge is 0.395 e. The third-order valence-electron chi connectivity index (χ3n) is 4.32. The van der Waals surface area contributed by atoms with E-state index < -0.39 is 5.82 Å². The minimum absolute atomic E-state index is 0.0944. The van der Waals surface area contributed by atoms with E-state index in [1.165, 1.54) is 18.9 Å². The van der Waals surface area contributed by atoms with Crippen molar-refractivity contribution < 1.29 is 14.3 Å². The van der Waals surface area contributed by atoms with Crippen LogP contribution in [0.15, 0.2) is 24.3 Å². The first-order chi connectivity index (χ1) is 10.1. The number of benzene rings is 1. The van der Waals surface area contributed by atoms with Gasteiger partial charge in [0.25, 0.3) is 0 Å². The van der Waals surface area contributed by atoms with Crippen molar-refractivity contribution in [1.29, 1.82) is 0 Å². The zero-order chi connectivity index (χ0) is 15.2. The Kier molecular flexibility index (Phi) is 5.88. The molecule has 1 N–H and O–H groups in total. The summed E-state index contributed by atoms with van der Waals surface area (Å²) < 4.78 is 13.7. The van der Waals surface area contributed by atoms with Gasteiger partial charge in [-0.3, -0.25) is 9.69 Å². The normalized spacial score (nSPS) is 17.3. The molecule has 1 unspecified atom stereocenters. The highest BCUT2D eigenvalue weighted by molar-refractivity contribution is 5.98. The number of nitrogens with zero attached hydrogens (tertiary/aromatic N) is 1. The van der Waals surface area contributed by atoms with E-state index >= 15 is 0 Å². The second-order valence-electron chi connectivity index (χ2n) is 5.90. The van der Waals surface area contributed by atoms with Gasteiger partial charge < -0.3 is 5.11 Å². The van der Waals surface area contributed by atoms with Crippen LogP contribution in [0, 0.1) is 11.7 Å². The lowest BCUT2D eigenvalue weighted by Crippen LogP contribution is -2.40. The first-order valence-corrected chi connectivity index (χ1v) is 7.77. The molecule has 0 radical (unpaired) electrons. The van der Waals surface area contributed by atoms with Gasteiger partial charge in [0, 0.05) is 25.0 Å². The van der Waals surface area contributed by atoms with Gasteiger partial charge in [0.2, 0.25) is 0 Å². The van der Waals surface area contributed by atoms with Gasteiger partial charge >= 0.3 is 0 Å². The predicted molar refractivity (Wildman–Crippen MR) is 80.8 cm³/mol. The zero-order valence-electron chi connectivity index (χ0n) is 12.6. The minimum atomic E-state index is -0.455. The topological polar surface area (TPSA) is 40.5 Å². The Balaban J connectivity index is 2.02. The molecule has 0 amide bonds. The van der Waals surface area contributed by atoms with Crippen molar-refractivity contribution in [1.82, 2.24) is 4.90 Å². The fourth-order valence-electron chi connectivity index (χ4n) is 3.18. The van der Waals surface area contributed by atoms with Gasteiger partial charge in [0.1, 0.15) is 5.82 Å². The summed E-state index contributed by atoms with van der Waals surface area (Å²) in [6.07, 6.45) is 4.67. The van der Waals surface area contributed by atoms with Gasteiger partial charge in [-0.05, 0) is 25.0 Å². The summed E-state index contributed by atoms with van der Waals surface area (Å²) in [6.45, 7) is 3.10. The molecule has 0 heterocycles. The molecule has 0 aromatic heterocycles. The molecule has 1 aromatic carbocycles. The number of Topliss-reactive ketones (excluding diaryl/α,β-unsaturated/α-hetero) is 1. The van der Waals surface area contributed by atoms with Crippen molar-refractivity contribution >= 4 is 5.78 Å². The second-order valence-corrected chi connectivity index (χ2v) is 5.90. The molecule has 1 aliphatic rings. The Morgan fingerprint density at radius 2 is 2.05 bits per heavy atom. The molecular formula is C17H24FNO2. The van der Waals surface area contributed by atoms with Crippen molar-refractivity contribution in [2.24, 2.45) is 5.92 Å². The maximum atomic E-state index is 13.7. The van der Waals surface area contributed by atoms with Crippen LogP contribution in [0.2, 0.25) is 0 Å². The summed E-state index contributed by atoms with van der Waals surface area (Å²) in [4.78, 5) is 14.6. The minimum Gasteiger partial charge on any atom is -0.395 e. The molecule has 1 saturated carbocycles. The number of halogens is 1. The Bertz CT molecular complexity index is 472. The molecule has 0 aliphatic heterocycles. The smallest absolute Gasteiger partial charge is 0.169 e. The number of carbonyl (C=O) groups is 1. The zero-order valence-corrected chi connectivity index (χ0v) is 12.6. The number of rotatable bonds is 7. The highest BCUT2D eigenvalue weighted by atomic mass is 19.1. The van der Waals surface area contributed by atoms with Crippen LogP contribution in [0.1, 0.15) is 43.0 Å². The van der Waals surface area contributed by atoms with Crippen LogP contribution in [0.5, 0.6) is 0 Å². The number of ketones is 1. The average Bonchev–Trinajstić information content (AvgIpc) is 3.00. The van der Waals surface area contributed by atoms with Crippen LogP contribution in [-0.2, 0) is 0 Å². The van der Waals surface area contributed by atoms with Gasteiger partial charge in [-0.15, -0.1) is 0 Å². The molecule has 0 bridgehead atoms. The molecule has 21 heavy (non-hydrogen) atoms. The summed E-state index contributed by atoms with van der Waals surface area (Å²) >= 11 is 0. The van der Waals surface area contributed by atoms with Crippen LogP contribution < -0.4 is 0 Å². The maximum Gasteiger partial charge on any atom is 0.169 e. The van der Waals surface area contributed by atoms with E-state index in [2.05, 4.69) is 4.90 Å². The molecule has 1 aromatic rings. The van der Waals surface area contributed by atoms with Crippen LogP contribution in [0.4, 0.5) is 4.39 Å². The number of hydrogen-bond donors (Lipinski definition) is 1. The van der Waals surface area contributed by atoms with E-state index in [-0.39, 0.29) is 23.9 Å². The SMILES string of the molecule is CC(CN(CCO)C1CCCC1)C(=O)c1ccccc1F. The molecular weight excluding hydrogens is 269 g/mol. The fourth-order valence-corrected chi connectivity index (χ4v) is 3.18. The van der Waals surface area contributed by atoms with E-state index in [9.17, 15) is 14.3 Å². The number of aliphatic hydroxyl groups is 1. The summed E-state index contributed by atoms with van der Waals surface area (Å²) in [5, 5.41) is 9.22. The number of carbonyl (C=O) groups excluding carboxylic acids is 1. The molecule has 0 spiro atoms. The van der Waals surface area contributed by atoms with E-state index in [4.69, 9.17) is 0 Å².